The molecule has 104 valence electrons. The first-order valence-corrected chi connectivity index (χ1v) is 6.87. The van der Waals surface area contributed by atoms with E-state index in [9.17, 15) is 0 Å². The monoisotopic (exact) mass is 260 g/mol. The lowest BCUT2D eigenvalue weighted by Crippen LogP contribution is -2.20. The van der Waals surface area contributed by atoms with Crippen molar-refractivity contribution in [2.24, 2.45) is 11.7 Å². The molecule has 2 atom stereocenters. The molecule has 19 heavy (non-hydrogen) atoms. The lowest BCUT2D eigenvalue weighted by atomic mass is 10.00. The second-order valence-corrected chi connectivity index (χ2v) is 5.61. The van der Waals surface area contributed by atoms with Crippen LogP contribution < -0.4 is 10.5 Å². The van der Waals surface area contributed by atoms with Crippen LogP contribution in [-0.2, 0) is 0 Å². The highest BCUT2D eigenvalue weighted by atomic mass is 16.5. The molecule has 3 nitrogen and oxygen atoms in total. The van der Waals surface area contributed by atoms with Crippen LogP contribution in [0.2, 0.25) is 0 Å². The summed E-state index contributed by atoms with van der Waals surface area (Å²) in [6.07, 6.45) is 1.14. The molecule has 1 aliphatic heterocycles. The summed E-state index contributed by atoms with van der Waals surface area (Å²) in [7, 11) is 2.17. The lowest BCUT2D eigenvalue weighted by molar-refractivity contribution is 0.311. The molecule has 0 aliphatic carbocycles. The summed E-state index contributed by atoms with van der Waals surface area (Å²) in [6.45, 7) is 8.26. The molecule has 2 unspecified atom stereocenters. The Kier molecular flexibility index (Phi) is 4.61. The first-order chi connectivity index (χ1) is 9.10. The molecule has 0 bridgehead atoms. The average Bonchev–Trinajstić information content (AvgIpc) is 2.78. The zero-order valence-corrected chi connectivity index (χ0v) is 11.9. The highest BCUT2D eigenvalue weighted by molar-refractivity contribution is 5.31. The summed E-state index contributed by atoms with van der Waals surface area (Å²) in [4.78, 5) is 2.38. The second-order valence-electron chi connectivity index (χ2n) is 5.61. The molecular weight excluding hydrogens is 236 g/mol. The van der Waals surface area contributed by atoms with E-state index in [1.54, 1.807) is 0 Å². The van der Waals surface area contributed by atoms with Crippen LogP contribution in [0.3, 0.4) is 0 Å². The molecule has 1 aliphatic rings. The normalized spacial score (nSPS) is 23.5. The molecule has 1 saturated heterocycles. The standard InChI is InChI=1S/C16H24N2O/c1-12(2)11-19-15-6-4-5-14(8-15)16-7-13(9-17)10-18(16)3/h4-6,8,13,16H,1,7,9-11,17H2,2-3H3. The van der Waals surface area contributed by atoms with E-state index in [1.165, 1.54) is 5.56 Å². The van der Waals surface area contributed by atoms with E-state index in [4.69, 9.17) is 10.5 Å². The van der Waals surface area contributed by atoms with Gasteiger partial charge in [-0.3, -0.25) is 4.90 Å². The Labute approximate surface area is 116 Å². The fourth-order valence-electron chi connectivity index (χ4n) is 2.68. The summed E-state index contributed by atoms with van der Waals surface area (Å²) in [5.74, 6) is 1.53. The van der Waals surface area contributed by atoms with E-state index < -0.39 is 0 Å². The molecule has 2 rings (SSSR count). The fraction of sp³-hybridized carbons (Fsp3) is 0.500. The third kappa shape index (κ3) is 3.58. The van der Waals surface area contributed by atoms with Gasteiger partial charge in [-0.1, -0.05) is 18.7 Å². The van der Waals surface area contributed by atoms with Gasteiger partial charge < -0.3 is 10.5 Å². The van der Waals surface area contributed by atoms with Crippen LogP contribution in [0, 0.1) is 5.92 Å². The SMILES string of the molecule is C=C(C)COc1cccc(C2CC(CN)CN2C)c1. The van der Waals surface area contributed by atoms with Gasteiger partial charge in [-0.15, -0.1) is 0 Å². The predicted molar refractivity (Wildman–Crippen MR) is 79.3 cm³/mol. The van der Waals surface area contributed by atoms with Crippen molar-refractivity contribution in [3.05, 3.63) is 42.0 Å². The number of hydrogen-bond acceptors (Lipinski definition) is 3. The van der Waals surface area contributed by atoms with Gasteiger partial charge in [0.1, 0.15) is 12.4 Å². The summed E-state index contributed by atoms with van der Waals surface area (Å²) >= 11 is 0. The minimum absolute atomic E-state index is 0.460. The van der Waals surface area contributed by atoms with Crippen molar-refractivity contribution >= 4 is 0 Å². The van der Waals surface area contributed by atoms with Gasteiger partial charge in [0.25, 0.3) is 0 Å². The number of benzene rings is 1. The van der Waals surface area contributed by atoms with Crippen LogP contribution in [0.25, 0.3) is 0 Å². The number of rotatable bonds is 5. The first-order valence-electron chi connectivity index (χ1n) is 6.87. The summed E-state index contributed by atoms with van der Waals surface area (Å²) in [5, 5.41) is 0. The van der Waals surface area contributed by atoms with Crippen LogP contribution in [0.15, 0.2) is 36.4 Å². The van der Waals surface area contributed by atoms with Gasteiger partial charge in [0.2, 0.25) is 0 Å². The van der Waals surface area contributed by atoms with Crippen molar-refractivity contribution in [1.82, 2.24) is 4.90 Å². The Bertz CT molecular complexity index is 444. The topological polar surface area (TPSA) is 38.5 Å². The van der Waals surface area contributed by atoms with E-state index in [0.29, 0.717) is 18.6 Å². The third-order valence-electron chi connectivity index (χ3n) is 3.70. The number of nitrogens with zero attached hydrogens (tertiary/aromatic N) is 1. The Morgan fingerprint density at radius 1 is 1.53 bits per heavy atom. The molecule has 1 fully saturated rings. The summed E-state index contributed by atoms with van der Waals surface area (Å²) in [6, 6.07) is 8.84. The molecule has 0 saturated carbocycles. The van der Waals surface area contributed by atoms with Crippen molar-refractivity contribution < 1.29 is 4.74 Å². The van der Waals surface area contributed by atoms with Crippen molar-refractivity contribution in [3.8, 4) is 5.75 Å². The van der Waals surface area contributed by atoms with Crippen LogP contribution in [-0.4, -0.2) is 31.6 Å². The van der Waals surface area contributed by atoms with Crippen molar-refractivity contribution in [2.75, 3.05) is 26.7 Å². The van der Waals surface area contributed by atoms with Crippen LogP contribution >= 0.6 is 0 Å². The number of hydrogen-bond donors (Lipinski definition) is 1. The summed E-state index contributed by atoms with van der Waals surface area (Å²) in [5.41, 5.74) is 8.14. The van der Waals surface area contributed by atoms with Gasteiger partial charge in [0.15, 0.2) is 0 Å². The van der Waals surface area contributed by atoms with Crippen molar-refractivity contribution in [3.63, 3.8) is 0 Å². The number of ether oxygens (including phenoxy) is 1. The smallest absolute Gasteiger partial charge is 0.120 e. The van der Waals surface area contributed by atoms with Crippen molar-refractivity contribution in [1.29, 1.82) is 0 Å². The highest BCUT2D eigenvalue weighted by Gasteiger charge is 2.29. The summed E-state index contributed by atoms with van der Waals surface area (Å²) < 4.78 is 5.71. The zero-order valence-electron chi connectivity index (χ0n) is 11.9. The van der Waals surface area contributed by atoms with Crippen molar-refractivity contribution in [2.45, 2.75) is 19.4 Å². The van der Waals surface area contributed by atoms with Gasteiger partial charge in [0.05, 0.1) is 0 Å². The maximum Gasteiger partial charge on any atom is 0.120 e. The molecule has 1 aromatic carbocycles. The maximum absolute atomic E-state index is 5.79. The van der Waals surface area contributed by atoms with E-state index in [2.05, 4.69) is 36.7 Å². The van der Waals surface area contributed by atoms with E-state index in [1.807, 2.05) is 13.0 Å². The third-order valence-corrected chi connectivity index (χ3v) is 3.70. The zero-order chi connectivity index (χ0) is 13.8. The average molecular weight is 260 g/mol. The Morgan fingerprint density at radius 3 is 2.95 bits per heavy atom. The molecule has 1 heterocycles. The van der Waals surface area contributed by atoms with E-state index >= 15 is 0 Å². The van der Waals surface area contributed by atoms with Crippen LogP contribution in [0.1, 0.15) is 24.9 Å². The van der Waals surface area contributed by atoms with E-state index in [-0.39, 0.29) is 0 Å². The largest absolute Gasteiger partial charge is 0.489 e. The van der Waals surface area contributed by atoms with Crippen LogP contribution in [0.5, 0.6) is 5.75 Å². The minimum atomic E-state index is 0.460. The number of nitrogens with two attached hydrogens (primary N) is 1. The molecule has 0 spiro atoms. The Hall–Kier alpha value is -1.32. The molecule has 0 amide bonds. The second kappa shape index (κ2) is 6.22. The molecule has 0 aromatic heterocycles. The molecule has 3 heteroatoms. The fourth-order valence-corrected chi connectivity index (χ4v) is 2.68. The predicted octanol–water partition coefficient (Wildman–Crippen LogP) is 2.59. The van der Waals surface area contributed by atoms with Gasteiger partial charge in [-0.05, 0) is 56.1 Å². The van der Waals surface area contributed by atoms with Gasteiger partial charge in [0, 0.05) is 12.6 Å². The minimum Gasteiger partial charge on any atom is -0.489 e. The van der Waals surface area contributed by atoms with Gasteiger partial charge in [-0.25, -0.2) is 0 Å². The first kappa shape index (κ1) is 14.1. The maximum atomic E-state index is 5.79. The van der Waals surface area contributed by atoms with Crippen LogP contribution in [0.4, 0.5) is 0 Å². The Morgan fingerprint density at radius 2 is 2.32 bits per heavy atom. The molecule has 0 radical (unpaired) electrons. The lowest BCUT2D eigenvalue weighted by Gasteiger charge is -2.20. The molecule has 2 N–H and O–H groups in total. The van der Waals surface area contributed by atoms with Gasteiger partial charge >= 0.3 is 0 Å². The Balaban J connectivity index is 2.08. The molecular formula is C16H24N2O. The number of likely N-dealkylation sites (tertiary alicyclic amines) is 1. The van der Waals surface area contributed by atoms with E-state index in [0.717, 1.165) is 30.8 Å². The molecule has 1 aromatic rings. The van der Waals surface area contributed by atoms with Gasteiger partial charge in [-0.2, -0.15) is 0 Å². The quantitative estimate of drug-likeness (QED) is 0.827. The highest BCUT2D eigenvalue weighted by Crippen LogP contribution is 2.34.